The molecule has 5 aromatic rings. The van der Waals surface area contributed by atoms with E-state index >= 15 is 0 Å². The first kappa shape index (κ1) is 21.9. The monoisotopic (exact) mass is 501 g/mol. The lowest BCUT2D eigenvalue weighted by atomic mass is 10.0. The van der Waals surface area contributed by atoms with E-state index in [1.165, 1.54) is 16.8 Å². The Morgan fingerprint density at radius 1 is 1.11 bits per heavy atom. The van der Waals surface area contributed by atoms with E-state index in [2.05, 4.69) is 23.2 Å². The summed E-state index contributed by atoms with van der Waals surface area (Å²) in [5.41, 5.74) is 4.65. The maximum Gasteiger partial charge on any atom is 0.253 e. The van der Waals surface area contributed by atoms with Gasteiger partial charge in [-0.3, -0.25) is 9.20 Å². The highest BCUT2D eigenvalue weighted by atomic mass is 35.5. The van der Waals surface area contributed by atoms with E-state index in [1.54, 1.807) is 6.26 Å². The molecular formula is C26H20ClN5O2S. The van der Waals surface area contributed by atoms with Crippen LogP contribution in [0.15, 0.2) is 87.7 Å². The summed E-state index contributed by atoms with van der Waals surface area (Å²) in [6.45, 7) is 2.06. The van der Waals surface area contributed by atoms with Gasteiger partial charge in [0.15, 0.2) is 10.8 Å². The summed E-state index contributed by atoms with van der Waals surface area (Å²) < 4.78 is 7.64. The lowest BCUT2D eigenvalue weighted by molar-refractivity contribution is -0.130. The molecule has 9 heteroatoms. The number of rotatable bonds is 5. The fraction of sp³-hybridized carbons (Fsp3) is 0.154. The molecule has 0 saturated carbocycles. The molecule has 1 aliphatic heterocycles. The molecule has 0 radical (unpaired) electrons. The summed E-state index contributed by atoms with van der Waals surface area (Å²) in [6.07, 6.45) is 2.17. The van der Waals surface area contributed by atoms with Gasteiger partial charge in [-0.05, 0) is 54.4 Å². The number of thioether (sulfide) groups is 1. The molecule has 1 aliphatic rings. The average molecular weight is 502 g/mol. The molecule has 0 spiro atoms. The maximum absolute atomic E-state index is 13.4. The summed E-state index contributed by atoms with van der Waals surface area (Å²) in [6, 6.07) is 21.0. The number of benzene rings is 2. The van der Waals surface area contributed by atoms with Gasteiger partial charge in [0.2, 0.25) is 0 Å². The van der Waals surface area contributed by atoms with E-state index in [1.807, 2.05) is 65.1 Å². The van der Waals surface area contributed by atoms with Crippen LogP contribution >= 0.6 is 23.4 Å². The molecule has 0 saturated heterocycles. The molecule has 7 nitrogen and oxygen atoms in total. The largest absolute Gasteiger partial charge is 0.467 e. The van der Waals surface area contributed by atoms with Crippen LogP contribution in [0, 0.1) is 6.92 Å². The van der Waals surface area contributed by atoms with Crippen LogP contribution in [0.4, 0.5) is 0 Å². The predicted octanol–water partition coefficient (Wildman–Crippen LogP) is 5.91. The standard InChI is InChI=1S/C26H20ClN5O2S/c1-16-13-24-28-29-26(31(24)21-6-3-2-5-19(16)21)35-15-25(33)32-22(23-7-4-12-34-23)14-20(30-32)17-8-10-18(27)11-9-17/h2-13,22H,14-15H2,1H3/t22-/m1/s1. The van der Waals surface area contributed by atoms with E-state index in [0.29, 0.717) is 22.4 Å². The molecule has 174 valence electrons. The zero-order chi connectivity index (χ0) is 23.9. The SMILES string of the molecule is Cc1cc2nnc(SCC(=O)N3N=C(c4ccc(Cl)cc4)C[C@@H]3c3ccco3)n2c2ccccc12. The van der Waals surface area contributed by atoms with Crippen molar-refractivity contribution in [2.45, 2.75) is 24.5 Å². The number of carbonyl (C=O) groups excluding carboxylic acids is 1. The van der Waals surface area contributed by atoms with E-state index in [4.69, 9.17) is 21.1 Å². The molecule has 1 atom stereocenters. The van der Waals surface area contributed by atoms with Gasteiger partial charge in [-0.15, -0.1) is 10.2 Å². The van der Waals surface area contributed by atoms with Gasteiger partial charge in [0.25, 0.3) is 5.91 Å². The van der Waals surface area contributed by atoms with Gasteiger partial charge >= 0.3 is 0 Å². The average Bonchev–Trinajstić information content (AvgIpc) is 3.63. The second-order valence-corrected chi connectivity index (χ2v) is 9.72. The molecule has 6 rings (SSSR count). The number of nitrogens with zero attached hydrogens (tertiary/aromatic N) is 5. The number of aromatic nitrogens is 3. The Balaban J connectivity index is 1.29. The Kier molecular flexibility index (Phi) is 5.54. The van der Waals surface area contributed by atoms with Crippen LogP contribution in [0.25, 0.3) is 16.6 Å². The quantitative estimate of drug-likeness (QED) is 0.280. The van der Waals surface area contributed by atoms with Crippen molar-refractivity contribution in [1.82, 2.24) is 19.6 Å². The third-order valence-corrected chi connectivity index (χ3v) is 7.28. The van der Waals surface area contributed by atoms with Crippen LogP contribution in [-0.4, -0.2) is 37.0 Å². The van der Waals surface area contributed by atoms with Crippen molar-refractivity contribution in [2.75, 3.05) is 5.75 Å². The second kappa shape index (κ2) is 8.87. The number of aryl methyl sites for hydroxylation is 1. The Morgan fingerprint density at radius 3 is 2.74 bits per heavy atom. The van der Waals surface area contributed by atoms with Gasteiger partial charge < -0.3 is 4.42 Å². The van der Waals surface area contributed by atoms with Crippen molar-refractivity contribution in [3.05, 3.63) is 94.9 Å². The minimum absolute atomic E-state index is 0.131. The number of hydrogen-bond donors (Lipinski definition) is 0. The summed E-state index contributed by atoms with van der Waals surface area (Å²) in [5, 5.41) is 17.4. The highest BCUT2D eigenvalue weighted by molar-refractivity contribution is 7.99. The number of amides is 1. The lowest BCUT2D eigenvalue weighted by Crippen LogP contribution is -2.28. The lowest BCUT2D eigenvalue weighted by Gasteiger charge is -2.19. The summed E-state index contributed by atoms with van der Waals surface area (Å²) >= 11 is 7.40. The highest BCUT2D eigenvalue weighted by Gasteiger charge is 2.35. The fourth-order valence-corrected chi connectivity index (χ4v) is 5.35. The normalized spacial score (nSPS) is 15.8. The third-order valence-electron chi connectivity index (χ3n) is 6.11. The molecule has 1 amide bonds. The van der Waals surface area contributed by atoms with Crippen molar-refractivity contribution in [3.8, 4) is 0 Å². The molecule has 2 aromatic carbocycles. The molecule has 0 bridgehead atoms. The molecule has 0 unspecified atom stereocenters. The van der Waals surface area contributed by atoms with E-state index in [9.17, 15) is 4.79 Å². The Morgan fingerprint density at radius 2 is 1.94 bits per heavy atom. The molecule has 0 aliphatic carbocycles. The number of hydrazone groups is 1. The fourth-order valence-electron chi connectivity index (χ4n) is 4.42. The first-order valence-electron chi connectivity index (χ1n) is 11.1. The highest BCUT2D eigenvalue weighted by Crippen LogP contribution is 2.34. The van der Waals surface area contributed by atoms with E-state index in [0.717, 1.165) is 33.4 Å². The number of carbonyl (C=O) groups is 1. The van der Waals surface area contributed by atoms with E-state index < -0.39 is 0 Å². The summed E-state index contributed by atoms with van der Waals surface area (Å²) in [5.74, 6) is 0.733. The summed E-state index contributed by atoms with van der Waals surface area (Å²) in [4.78, 5) is 13.4. The second-order valence-electron chi connectivity index (χ2n) is 8.34. The van der Waals surface area contributed by atoms with Crippen molar-refractivity contribution < 1.29 is 9.21 Å². The van der Waals surface area contributed by atoms with Gasteiger partial charge in [0.05, 0.1) is 23.2 Å². The Labute approximate surface area is 210 Å². The molecule has 0 fully saturated rings. The van der Waals surface area contributed by atoms with E-state index in [-0.39, 0.29) is 17.7 Å². The number of furan rings is 1. The predicted molar refractivity (Wildman–Crippen MR) is 137 cm³/mol. The zero-order valence-corrected chi connectivity index (χ0v) is 20.3. The number of pyridine rings is 1. The first-order valence-corrected chi connectivity index (χ1v) is 12.5. The van der Waals surface area contributed by atoms with Crippen LogP contribution in [0.3, 0.4) is 0 Å². The smallest absolute Gasteiger partial charge is 0.253 e. The van der Waals surface area contributed by atoms with Crippen molar-refractivity contribution in [2.24, 2.45) is 5.10 Å². The molecular weight excluding hydrogens is 482 g/mol. The van der Waals surface area contributed by atoms with Crippen LogP contribution in [-0.2, 0) is 4.79 Å². The maximum atomic E-state index is 13.4. The van der Waals surface area contributed by atoms with Crippen molar-refractivity contribution in [3.63, 3.8) is 0 Å². The molecule has 35 heavy (non-hydrogen) atoms. The van der Waals surface area contributed by atoms with Gasteiger partial charge in [-0.1, -0.05) is 53.7 Å². The molecule has 4 heterocycles. The Bertz CT molecular complexity index is 1580. The third kappa shape index (κ3) is 3.98. The number of fused-ring (bicyclic) bond motifs is 3. The van der Waals surface area contributed by atoms with Crippen LogP contribution in [0.5, 0.6) is 0 Å². The van der Waals surface area contributed by atoms with Crippen LogP contribution in [0.2, 0.25) is 5.02 Å². The van der Waals surface area contributed by atoms with Gasteiger partial charge in [0.1, 0.15) is 11.8 Å². The Hall–Kier alpha value is -3.62. The van der Waals surface area contributed by atoms with Crippen LogP contribution < -0.4 is 0 Å². The minimum atomic E-state index is -0.303. The first-order chi connectivity index (χ1) is 17.1. The molecule has 0 N–H and O–H groups in total. The van der Waals surface area contributed by atoms with Crippen molar-refractivity contribution in [1.29, 1.82) is 0 Å². The van der Waals surface area contributed by atoms with Crippen molar-refractivity contribution >= 4 is 51.5 Å². The van der Waals surface area contributed by atoms with Gasteiger partial charge in [-0.25, -0.2) is 5.01 Å². The minimum Gasteiger partial charge on any atom is -0.467 e. The van der Waals surface area contributed by atoms with Gasteiger partial charge in [-0.2, -0.15) is 5.10 Å². The number of para-hydroxylation sites is 1. The topological polar surface area (TPSA) is 76.0 Å². The summed E-state index contributed by atoms with van der Waals surface area (Å²) in [7, 11) is 0. The van der Waals surface area contributed by atoms with Crippen LogP contribution in [0.1, 0.15) is 29.3 Å². The number of hydrogen-bond acceptors (Lipinski definition) is 6. The van der Waals surface area contributed by atoms with Gasteiger partial charge in [0, 0.05) is 16.8 Å². The number of halogens is 1. The molecule has 3 aromatic heterocycles. The zero-order valence-electron chi connectivity index (χ0n) is 18.8.